The Morgan fingerprint density at radius 3 is 0.925 bits per heavy atom. The summed E-state index contributed by atoms with van der Waals surface area (Å²) in [5.74, 6) is 0. The van der Waals surface area contributed by atoms with E-state index in [1.807, 2.05) is 55.9 Å². The zero-order valence-electron chi connectivity index (χ0n) is 54.6. The van der Waals surface area contributed by atoms with Crippen LogP contribution in [0.25, 0.3) is 56.3 Å². The lowest BCUT2D eigenvalue weighted by Crippen LogP contribution is -2.30. The highest BCUT2D eigenvalue weighted by Crippen LogP contribution is 2.29. The molecule has 0 spiro atoms. The van der Waals surface area contributed by atoms with Crippen LogP contribution in [0.4, 0.5) is 0 Å². The van der Waals surface area contributed by atoms with E-state index < -0.39 is 6.85 Å². The van der Waals surface area contributed by atoms with Gasteiger partial charge in [-0.2, -0.15) is 0 Å². The van der Waals surface area contributed by atoms with E-state index in [1.54, 1.807) is 6.07 Å². The third kappa shape index (κ3) is 14.9. The fourth-order valence-corrected chi connectivity index (χ4v) is 10.3. The van der Waals surface area contributed by atoms with Crippen LogP contribution in [-0.4, -0.2) is 0 Å². The van der Waals surface area contributed by atoms with Gasteiger partial charge in [0.15, 0.2) is 31.0 Å². The Kier molecular flexibility index (Phi) is 19.5. The molecule has 0 radical (unpaired) electrons. The summed E-state index contributed by atoms with van der Waals surface area (Å²) in [5, 5.41) is 0. The molecule has 80 heavy (non-hydrogen) atoms. The van der Waals surface area contributed by atoms with Gasteiger partial charge in [0.1, 0.15) is 35.2 Å². The Balaban J connectivity index is 0.000000167. The van der Waals surface area contributed by atoms with Crippen molar-refractivity contribution >= 4 is 0 Å². The SMILES string of the molecule is Cc1cc(C)c(-c2cccc[n+]2C)cc1C.Cc1cc(C)c(C)c(-c2cccc[n+]2C)c1.Cc1ccc(C)c(-c2cccc[n+]2C)c1C.Cc1ccc(C)c(-c2cccc[n+]2C)c1C.[2H]C([2H])([2H])c1cc(C)c(-c2cccc[n+]2C)cc1C. The second-order valence-electron chi connectivity index (χ2n) is 21.9. The van der Waals surface area contributed by atoms with Crippen LogP contribution >= 0.6 is 0 Å². The molecule has 0 aliphatic heterocycles. The summed E-state index contributed by atoms with van der Waals surface area (Å²) in [4.78, 5) is 0. The quantitative estimate of drug-likeness (QED) is 0.153. The topological polar surface area (TPSA) is 19.4 Å². The summed E-state index contributed by atoms with van der Waals surface area (Å²) in [6, 6.07) is 52.8. The third-order valence-corrected chi connectivity index (χ3v) is 15.7. The molecule has 10 rings (SSSR count). The van der Waals surface area contributed by atoms with Crippen LogP contribution in [0.3, 0.4) is 0 Å². The first-order valence-electron chi connectivity index (χ1n) is 29.4. The Bertz CT molecular complexity index is 3810. The number of pyridine rings is 5. The zero-order chi connectivity index (χ0) is 61.0. The van der Waals surface area contributed by atoms with Crippen molar-refractivity contribution in [2.24, 2.45) is 35.2 Å². The minimum atomic E-state index is -2.05. The van der Waals surface area contributed by atoms with E-state index in [9.17, 15) is 0 Å². The number of aromatic nitrogens is 5. The van der Waals surface area contributed by atoms with E-state index in [-0.39, 0.29) is 0 Å². The summed E-state index contributed by atoms with van der Waals surface area (Å²) in [6.45, 7) is 27.9. The van der Waals surface area contributed by atoms with Gasteiger partial charge in [0.2, 0.25) is 28.5 Å². The van der Waals surface area contributed by atoms with Gasteiger partial charge in [-0.1, -0.05) is 48.0 Å². The Morgan fingerprint density at radius 1 is 0.250 bits per heavy atom. The van der Waals surface area contributed by atoms with Gasteiger partial charge in [-0.3, -0.25) is 0 Å². The van der Waals surface area contributed by atoms with E-state index in [4.69, 9.17) is 4.11 Å². The number of hydrogen-bond acceptors (Lipinski definition) is 0. The molecule has 10 aromatic rings. The highest BCUT2D eigenvalue weighted by Gasteiger charge is 2.18. The maximum absolute atomic E-state index is 7.56. The number of aryl methyl sites for hydroxylation is 17. The van der Waals surface area contributed by atoms with Crippen LogP contribution in [0.5, 0.6) is 0 Å². The molecule has 5 aromatic carbocycles. The first-order chi connectivity index (χ1) is 39.2. The fraction of sp³-hybridized carbons (Fsp3) is 0.267. The van der Waals surface area contributed by atoms with Gasteiger partial charge in [-0.05, 0) is 230 Å². The Labute approximate surface area is 486 Å². The molecule has 0 unspecified atom stereocenters. The molecule has 0 saturated heterocycles. The van der Waals surface area contributed by atoms with Gasteiger partial charge in [-0.25, -0.2) is 22.8 Å². The molecule has 0 atom stereocenters. The minimum absolute atomic E-state index is 0.437. The molecule has 0 N–H and O–H groups in total. The van der Waals surface area contributed by atoms with Crippen molar-refractivity contribution in [3.05, 3.63) is 266 Å². The summed E-state index contributed by atoms with van der Waals surface area (Å²) in [6.07, 6.45) is 10.4. The Morgan fingerprint density at radius 2 is 0.562 bits per heavy atom. The van der Waals surface area contributed by atoms with Crippen molar-refractivity contribution in [2.75, 3.05) is 0 Å². The molecule has 5 nitrogen and oxygen atoms in total. The van der Waals surface area contributed by atoms with Crippen LogP contribution in [0.15, 0.2) is 183 Å². The first-order valence-corrected chi connectivity index (χ1v) is 27.9. The smallest absolute Gasteiger partial charge is 0.201 e. The van der Waals surface area contributed by atoms with Crippen LogP contribution < -0.4 is 22.8 Å². The standard InChI is InChI=1S/5C15H18N/c2*1-11-8-9-12(2)15(13(11)3)14-7-5-6-10-16(14)4;2*1-11-9-13(3)14(10-12(11)2)15-7-5-6-8-16(15)4;1-11-9-12(2)13(3)14(10-11)15-7-5-6-8-16(15)4/h5*5-10H,1-4H3/q5*+1/i;;1D3;;. The normalized spacial score (nSPS) is 11.2. The van der Waals surface area contributed by atoms with Gasteiger partial charge in [0.05, 0.1) is 11.1 Å². The van der Waals surface area contributed by atoms with Gasteiger partial charge < -0.3 is 0 Å². The van der Waals surface area contributed by atoms with E-state index in [1.165, 1.54) is 112 Å². The third-order valence-electron chi connectivity index (χ3n) is 15.7. The second-order valence-corrected chi connectivity index (χ2v) is 21.9. The summed E-state index contributed by atoms with van der Waals surface area (Å²) >= 11 is 0. The average molecular weight is 1060 g/mol. The van der Waals surface area contributed by atoms with E-state index >= 15 is 0 Å². The van der Waals surface area contributed by atoms with Gasteiger partial charge in [0.25, 0.3) is 0 Å². The molecule has 0 saturated carbocycles. The number of rotatable bonds is 5. The van der Waals surface area contributed by atoms with Crippen molar-refractivity contribution < 1.29 is 26.9 Å². The number of nitrogens with zero attached hydrogens (tertiary/aromatic N) is 5. The molecule has 5 heterocycles. The van der Waals surface area contributed by atoms with Gasteiger partial charge >= 0.3 is 0 Å². The number of hydrogen-bond donors (Lipinski definition) is 0. The lowest BCUT2D eigenvalue weighted by Gasteiger charge is -2.10. The molecule has 5 heteroatoms. The highest BCUT2D eigenvalue weighted by atomic mass is 14.9. The minimum Gasteiger partial charge on any atom is -0.201 e. The van der Waals surface area contributed by atoms with Crippen molar-refractivity contribution in [2.45, 2.75) is 104 Å². The first kappa shape index (κ1) is 56.6. The van der Waals surface area contributed by atoms with Crippen molar-refractivity contribution in [1.82, 2.24) is 0 Å². The Hall–Kier alpha value is -8.15. The van der Waals surface area contributed by atoms with Crippen LogP contribution in [0.1, 0.15) is 87.6 Å². The predicted molar refractivity (Wildman–Crippen MR) is 336 cm³/mol. The maximum atomic E-state index is 7.56. The second kappa shape index (κ2) is 27.6. The molecule has 0 fully saturated rings. The maximum Gasteiger partial charge on any atom is 0.212 e. The van der Waals surface area contributed by atoms with Crippen LogP contribution in [0, 0.1) is 104 Å². The van der Waals surface area contributed by atoms with E-state index in [0.717, 1.165) is 22.4 Å². The monoisotopic (exact) mass is 1060 g/mol. The molecule has 0 bridgehead atoms. The molecule has 5 aromatic heterocycles. The molecule has 410 valence electrons. The van der Waals surface area contributed by atoms with Crippen LogP contribution in [0.2, 0.25) is 0 Å². The summed E-state index contributed by atoms with van der Waals surface area (Å²) in [5.41, 5.74) is 31.1. The average Bonchev–Trinajstić information content (AvgIpc) is 3.61. The van der Waals surface area contributed by atoms with Crippen molar-refractivity contribution in [1.29, 1.82) is 0 Å². The van der Waals surface area contributed by atoms with E-state index in [0.29, 0.717) is 5.56 Å². The van der Waals surface area contributed by atoms with E-state index in [2.05, 4.69) is 276 Å². The molecule has 0 aliphatic carbocycles. The lowest BCUT2D eigenvalue weighted by atomic mass is 9.95. The lowest BCUT2D eigenvalue weighted by molar-refractivity contribution is -0.660. The van der Waals surface area contributed by atoms with Gasteiger partial charge in [-0.15, -0.1) is 0 Å². The highest BCUT2D eigenvalue weighted by molar-refractivity contribution is 5.69. The molecular formula is C75H90N5+5. The molecular weight excluding hydrogens is 971 g/mol. The zero-order valence-corrected chi connectivity index (χ0v) is 51.6. The summed E-state index contributed by atoms with van der Waals surface area (Å²) in [7, 11) is 10.4. The fourth-order valence-electron chi connectivity index (χ4n) is 10.3. The van der Waals surface area contributed by atoms with Gasteiger partial charge in [0, 0.05) is 81.5 Å². The molecule has 0 amide bonds. The predicted octanol–water partition coefficient (Wildman–Crippen LogP) is 15.5. The van der Waals surface area contributed by atoms with Crippen LogP contribution in [-0.2, 0) is 35.2 Å². The summed E-state index contributed by atoms with van der Waals surface area (Å²) < 4.78 is 33.4. The molecule has 0 aliphatic rings. The largest absolute Gasteiger partial charge is 0.212 e. The number of benzene rings is 5. The van der Waals surface area contributed by atoms with Crippen molar-refractivity contribution in [3.8, 4) is 56.3 Å². The van der Waals surface area contributed by atoms with Crippen molar-refractivity contribution in [3.63, 3.8) is 0 Å².